The molecule has 0 spiro atoms. The van der Waals surface area contributed by atoms with E-state index in [1.807, 2.05) is 0 Å². The van der Waals surface area contributed by atoms with E-state index in [9.17, 15) is 14.5 Å². The van der Waals surface area contributed by atoms with Gasteiger partial charge in [0.2, 0.25) is 5.82 Å². The molecule has 0 saturated carbocycles. The lowest BCUT2D eigenvalue weighted by atomic mass is 9.99. The monoisotopic (exact) mass is 293 g/mol. The van der Waals surface area contributed by atoms with Crippen LogP contribution in [0.5, 0.6) is 0 Å². The van der Waals surface area contributed by atoms with Crippen molar-refractivity contribution >= 4 is 5.69 Å². The van der Waals surface area contributed by atoms with Gasteiger partial charge in [-0.2, -0.15) is 4.39 Å². The first-order valence-electron chi connectivity index (χ1n) is 7.53. The Morgan fingerprint density at radius 2 is 2.14 bits per heavy atom. The molecule has 0 N–H and O–H groups in total. The van der Waals surface area contributed by atoms with Gasteiger partial charge in [-0.05, 0) is 31.0 Å². The predicted octanol–water partition coefficient (Wildman–Crippen LogP) is 2.40. The number of hydrogen-bond acceptors (Lipinski definition) is 4. The lowest BCUT2D eigenvalue weighted by Gasteiger charge is -2.44. The second kappa shape index (κ2) is 6.07. The van der Waals surface area contributed by atoms with Gasteiger partial charge >= 0.3 is 5.69 Å². The largest absolute Gasteiger partial charge is 0.304 e. The van der Waals surface area contributed by atoms with Crippen LogP contribution >= 0.6 is 0 Å². The quantitative estimate of drug-likeness (QED) is 0.634. The minimum atomic E-state index is -0.742. The molecular formula is C15H20FN3O2. The van der Waals surface area contributed by atoms with Gasteiger partial charge in [-0.1, -0.05) is 12.5 Å². The number of hydrogen-bond donors (Lipinski definition) is 0. The smallest absolute Gasteiger partial charge is 0.298 e. The van der Waals surface area contributed by atoms with E-state index in [2.05, 4.69) is 9.80 Å². The second-order valence-corrected chi connectivity index (χ2v) is 5.96. The molecule has 2 heterocycles. The van der Waals surface area contributed by atoms with Crippen molar-refractivity contribution in [1.29, 1.82) is 0 Å². The van der Waals surface area contributed by atoms with Crippen molar-refractivity contribution in [3.05, 3.63) is 39.7 Å². The Morgan fingerprint density at radius 1 is 1.29 bits per heavy atom. The van der Waals surface area contributed by atoms with E-state index in [-0.39, 0.29) is 0 Å². The molecule has 21 heavy (non-hydrogen) atoms. The van der Waals surface area contributed by atoms with Gasteiger partial charge in [0.1, 0.15) is 0 Å². The molecule has 0 aliphatic carbocycles. The van der Waals surface area contributed by atoms with Crippen molar-refractivity contribution in [1.82, 2.24) is 9.80 Å². The highest BCUT2D eigenvalue weighted by Crippen LogP contribution is 2.23. The van der Waals surface area contributed by atoms with Crippen LogP contribution in [0.25, 0.3) is 0 Å². The molecule has 114 valence electrons. The molecule has 5 nitrogen and oxygen atoms in total. The van der Waals surface area contributed by atoms with Gasteiger partial charge < -0.3 is 0 Å². The minimum Gasteiger partial charge on any atom is -0.298 e. The Hall–Kier alpha value is -1.53. The number of nitrogens with zero attached hydrogens (tertiary/aromatic N) is 3. The van der Waals surface area contributed by atoms with E-state index < -0.39 is 16.4 Å². The van der Waals surface area contributed by atoms with Gasteiger partial charge in [-0.15, -0.1) is 0 Å². The molecule has 0 amide bonds. The number of nitro benzene ring substituents is 1. The van der Waals surface area contributed by atoms with E-state index in [0.717, 1.165) is 25.2 Å². The molecule has 2 aliphatic heterocycles. The predicted molar refractivity (Wildman–Crippen MR) is 77.5 cm³/mol. The van der Waals surface area contributed by atoms with E-state index in [4.69, 9.17) is 0 Å². The lowest BCUT2D eigenvalue weighted by Crippen LogP contribution is -2.54. The summed E-state index contributed by atoms with van der Waals surface area (Å²) in [6.45, 7) is 4.93. The van der Waals surface area contributed by atoms with Crippen molar-refractivity contribution in [3.63, 3.8) is 0 Å². The number of halogens is 1. The first kappa shape index (κ1) is 14.4. The van der Waals surface area contributed by atoms with Gasteiger partial charge in [-0.3, -0.25) is 19.9 Å². The van der Waals surface area contributed by atoms with Gasteiger partial charge in [0.25, 0.3) is 0 Å². The van der Waals surface area contributed by atoms with E-state index in [1.165, 1.54) is 37.9 Å². The number of piperidine rings is 1. The van der Waals surface area contributed by atoms with Crippen molar-refractivity contribution in [3.8, 4) is 0 Å². The van der Waals surface area contributed by atoms with Crippen LogP contribution in [0.15, 0.2) is 18.2 Å². The Bertz CT molecular complexity index is 538. The summed E-state index contributed by atoms with van der Waals surface area (Å²) in [5.74, 6) is -0.742. The zero-order chi connectivity index (χ0) is 14.8. The molecule has 1 unspecified atom stereocenters. The fourth-order valence-electron chi connectivity index (χ4n) is 3.42. The van der Waals surface area contributed by atoms with Crippen LogP contribution in [0.3, 0.4) is 0 Å². The molecule has 1 aromatic carbocycles. The fraction of sp³-hybridized carbons (Fsp3) is 0.600. The third kappa shape index (κ3) is 3.22. The minimum absolute atomic E-state index is 0.448. The summed E-state index contributed by atoms with van der Waals surface area (Å²) in [5, 5.41) is 10.6. The van der Waals surface area contributed by atoms with Crippen LogP contribution in [0.2, 0.25) is 0 Å². The average Bonchev–Trinajstić information content (AvgIpc) is 2.47. The molecule has 2 aliphatic rings. The molecule has 1 aromatic rings. The molecular weight excluding hydrogens is 273 g/mol. The van der Waals surface area contributed by atoms with Crippen molar-refractivity contribution in [2.24, 2.45) is 0 Å². The maximum atomic E-state index is 13.7. The lowest BCUT2D eigenvalue weighted by molar-refractivity contribution is -0.387. The summed E-state index contributed by atoms with van der Waals surface area (Å²) >= 11 is 0. The van der Waals surface area contributed by atoms with E-state index in [1.54, 1.807) is 6.07 Å². The number of piperazine rings is 1. The summed E-state index contributed by atoms with van der Waals surface area (Å²) in [6.07, 6.45) is 3.83. The molecule has 3 rings (SSSR count). The van der Waals surface area contributed by atoms with Crippen LogP contribution in [0.4, 0.5) is 10.1 Å². The van der Waals surface area contributed by atoms with Crippen LogP contribution in [-0.2, 0) is 6.54 Å². The summed E-state index contributed by atoms with van der Waals surface area (Å²) in [5.41, 5.74) is 0.359. The highest BCUT2D eigenvalue weighted by molar-refractivity contribution is 5.35. The molecule has 0 aromatic heterocycles. The summed E-state index contributed by atoms with van der Waals surface area (Å²) < 4.78 is 13.7. The van der Waals surface area contributed by atoms with Crippen LogP contribution in [-0.4, -0.2) is 46.9 Å². The van der Waals surface area contributed by atoms with Crippen molar-refractivity contribution in [2.45, 2.75) is 31.8 Å². The Balaban J connectivity index is 1.64. The summed E-state index contributed by atoms with van der Waals surface area (Å²) in [7, 11) is 0. The maximum absolute atomic E-state index is 13.7. The Kier molecular flexibility index (Phi) is 4.17. The van der Waals surface area contributed by atoms with Crippen LogP contribution in [0, 0.1) is 15.9 Å². The van der Waals surface area contributed by atoms with Gasteiger partial charge in [0.05, 0.1) is 4.92 Å². The number of benzene rings is 1. The SMILES string of the molecule is O=[N+]([O-])c1ccc(CN2CCN3CCCCC3C2)cc1F. The third-order valence-corrected chi connectivity index (χ3v) is 4.54. The van der Waals surface area contributed by atoms with Gasteiger partial charge in [0, 0.05) is 38.3 Å². The first-order valence-corrected chi connectivity index (χ1v) is 7.53. The molecule has 0 radical (unpaired) electrons. The van der Waals surface area contributed by atoms with Crippen molar-refractivity contribution in [2.75, 3.05) is 26.2 Å². The maximum Gasteiger partial charge on any atom is 0.304 e. The number of rotatable bonds is 3. The molecule has 1 atom stereocenters. The highest BCUT2D eigenvalue weighted by atomic mass is 19.1. The zero-order valence-electron chi connectivity index (χ0n) is 12.0. The summed E-state index contributed by atoms with van der Waals surface area (Å²) in [4.78, 5) is 14.8. The summed E-state index contributed by atoms with van der Waals surface area (Å²) in [6, 6.07) is 4.84. The average molecular weight is 293 g/mol. The molecule has 6 heteroatoms. The number of fused-ring (bicyclic) bond motifs is 1. The first-order chi connectivity index (χ1) is 10.1. The second-order valence-electron chi connectivity index (χ2n) is 5.96. The standard InChI is InChI=1S/C15H20FN3O2/c16-14-9-12(4-5-15(14)19(20)21)10-17-7-8-18-6-2-1-3-13(18)11-17/h4-5,9,13H,1-3,6-8,10-11H2. The molecule has 2 saturated heterocycles. The zero-order valence-corrected chi connectivity index (χ0v) is 12.0. The van der Waals surface area contributed by atoms with Crippen LogP contribution in [0.1, 0.15) is 24.8 Å². The normalized spacial score (nSPS) is 23.8. The van der Waals surface area contributed by atoms with Crippen molar-refractivity contribution < 1.29 is 9.31 Å². The highest BCUT2D eigenvalue weighted by Gasteiger charge is 2.28. The fourth-order valence-corrected chi connectivity index (χ4v) is 3.42. The Morgan fingerprint density at radius 3 is 2.90 bits per heavy atom. The third-order valence-electron chi connectivity index (χ3n) is 4.54. The van der Waals surface area contributed by atoms with E-state index in [0.29, 0.717) is 12.6 Å². The topological polar surface area (TPSA) is 49.6 Å². The number of nitro groups is 1. The van der Waals surface area contributed by atoms with Gasteiger partial charge in [0.15, 0.2) is 0 Å². The molecule has 2 fully saturated rings. The molecule has 0 bridgehead atoms. The van der Waals surface area contributed by atoms with E-state index >= 15 is 0 Å². The Labute approximate surface area is 123 Å². The van der Waals surface area contributed by atoms with Crippen LogP contribution < -0.4 is 0 Å². The van der Waals surface area contributed by atoms with Gasteiger partial charge in [-0.25, -0.2) is 0 Å².